The average molecular weight is 772 g/mol. The summed E-state index contributed by atoms with van der Waals surface area (Å²) in [5.74, 6) is 0.219. The number of likely N-dealkylation sites (N-methyl/N-ethyl adjacent to an activating group) is 2. The topological polar surface area (TPSA) is 52.7 Å². The third-order valence-corrected chi connectivity index (χ3v) is 11.4. The molecule has 0 saturated heterocycles. The Balaban J connectivity index is 0.914. The minimum atomic E-state index is -0.133. The fourth-order valence-electron chi connectivity index (χ4n) is 7.54. The van der Waals surface area contributed by atoms with Gasteiger partial charge in [-0.05, 0) is 101 Å². The number of hydrogen-bond donors (Lipinski definition) is 1. The molecular weight excluding hydrogens is 732 g/mol. The molecule has 2 heterocycles. The summed E-state index contributed by atoms with van der Waals surface area (Å²) in [5.41, 5.74) is 10.1. The van der Waals surface area contributed by atoms with Gasteiger partial charge in [0.05, 0.1) is 0 Å². The molecule has 5 aromatic rings. The van der Waals surface area contributed by atoms with Gasteiger partial charge in [-0.25, -0.2) is 0 Å². The summed E-state index contributed by atoms with van der Waals surface area (Å²) < 4.78 is 0. The number of aryl methyl sites for hydroxylation is 1. The number of nitrogens with zero attached hydrogens (tertiary/aromatic N) is 2. The van der Waals surface area contributed by atoms with E-state index < -0.39 is 0 Å². The SMILES string of the molecule is CN1Cc2c(Cl)cc(Cl)cc2C(c2ccc(C(=O)CCc3ccc(CNC(=O)c4ccc(C5CN(C)Cc6c(Cl)cc(Cl)cc65)cc4)cc3)cc2)C1. The number of Topliss-reactive ketones (excluding diaryl/α,β-unsaturated/α-hetero) is 1. The zero-order valence-corrected chi connectivity index (χ0v) is 32.1. The lowest BCUT2D eigenvalue weighted by Gasteiger charge is -2.33. The Morgan fingerprint density at radius 1 is 0.635 bits per heavy atom. The van der Waals surface area contributed by atoms with Crippen LogP contribution in [0.3, 0.4) is 0 Å². The monoisotopic (exact) mass is 769 g/mol. The van der Waals surface area contributed by atoms with Gasteiger partial charge in [-0.3, -0.25) is 9.59 Å². The molecule has 9 heteroatoms. The second-order valence-corrected chi connectivity index (χ2v) is 15.8. The van der Waals surface area contributed by atoms with Crippen molar-refractivity contribution >= 4 is 58.1 Å². The van der Waals surface area contributed by atoms with Gasteiger partial charge in [0.2, 0.25) is 0 Å². The van der Waals surface area contributed by atoms with Crippen LogP contribution in [0.2, 0.25) is 20.1 Å². The molecule has 2 aliphatic rings. The van der Waals surface area contributed by atoms with E-state index in [1.807, 2.05) is 72.8 Å². The molecule has 0 bridgehead atoms. The van der Waals surface area contributed by atoms with E-state index >= 15 is 0 Å². The van der Waals surface area contributed by atoms with Gasteiger partial charge < -0.3 is 15.1 Å². The summed E-state index contributed by atoms with van der Waals surface area (Å²) in [6.45, 7) is 3.66. The highest BCUT2D eigenvalue weighted by Crippen LogP contribution is 2.40. The summed E-state index contributed by atoms with van der Waals surface area (Å²) in [5, 5.41) is 5.68. The first kappa shape index (κ1) is 36.7. The molecule has 266 valence electrons. The summed E-state index contributed by atoms with van der Waals surface area (Å²) in [6, 6.07) is 31.4. The molecule has 7 rings (SSSR count). The lowest BCUT2D eigenvalue weighted by Crippen LogP contribution is -2.31. The Morgan fingerprint density at radius 3 is 1.60 bits per heavy atom. The van der Waals surface area contributed by atoms with E-state index in [9.17, 15) is 9.59 Å². The predicted octanol–water partition coefficient (Wildman–Crippen LogP) is 10.2. The van der Waals surface area contributed by atoms with Crippen LogP contribution in [0, 0.1) is 0 Å². The summed E-state index contributed by atoms with van der Waals surface area (Å²) >= 11 is 25.8. The van der Waals surface area contributed by atoms with Crippen LogP contribution in [0.1, 0.15) is 83.5 Å². The maximum absolute atomic E-state index is 13.1. The van der Waals surface area contributed by atoms with Crippen molar-refractivity contribution < 1.29 is 9.59 Å². The number of carbonyl (C=O) groups is 2. The van der Waals surface area contributed by atoms with Crippen molar-refractivity contribution in [1.29, 1.82) is 0 Å². The molecule has 1 amide bonds. The molecule has 0 radical (unpaired) electrons. The van der Waals surface area contributed by atoms with E-state index in [0.29, 0.717) is 50.6 Å². The van der Waals surface area contributed by atoms with Crippen molar-refractivity contribution in [2.75, 3.05) is 27.2 Å². The van der Waals surface area contributed by atoms with Crippen molar-refractivity contribution in [2.45, 2.75) is 44.3 Å². The second-order valence-electron chi connectivity index (χ2n) is 14.1. The van der Waals surface area contributed by atoms with Gasteiger partial charge in [-0.2, -0.15) is 0 Å². The molecule has 0 aromatic heterocycles. The number of nitrogens with one attached hydrogen (secondary N) is 1. The van der Waals surface area contributed by atoms with Crippen molar-refractivity contribution in [2.24, 2.45) is 0 Å². The van der Waals surface area contributed by atoms with Gasteiger partial charge >= 0.3 is 0 Å². The molecule has 0 aliphatic carbocycles. The first-order valence-electron chi connectivity index (χ1n) is 17.4. The molecule has 1 N–H and O–H groups in total. The number of fused-ring (bicyclic) bond motifs is 2. The van der Waals surface area contributed by atoms with Crippen molar-refractivity contribution in [3.8, 4) is 0 Å². The van der Waals surface area contributed by atoms with E-state index in [4.69, 9.17) is 46.4 Å². The molecule has 5 aromatic carbocycles. The normalized spacial score (nSPS) is 17.3. The number of hydrogen-bond acceptors (Lipinski definition) is 4. The second kappa shape index (κ2) is 15.7. The van der Waals surface area contributed by atoms with Crippen LogP contribution >= 0.6 is 46.4 Å². The highest BCUT2D eigenvalue weighted by Gasteiger charge is 2.28. The van der Waals surface area contributed by atoms with Gasteiger partial charge in [-0.15, -0.1) is 0 Å². The Bertz CT molecular complexity index is 1970. The van der Waals surface area contributed by atoms with Crippen LogP contribution < -0.4 is 5.32 Å². The smallest absolute Gasteiger partial charge is 0.251 e. The van der Waals surface area contributed by atoms with E-state index in [1.165, 1.54) is 0 Å². The van der Waals surface area contributed by atoms with Crippen molar-refractivity contribution in [3.63, 3.8) is 0 Å². The number of benzene rings is 5. The molecule has 2 unspecified atom stereocenters. The van der Waals surface area contributed by atoms with E-state index in [2.05, 4.69) is 41.3 Å². The first-order chi connectivity index (χ1) is 25.0. The van der Waals surface area contributed by atoms with Gasteiger partial charge in [0.25, 0.3) is 5.91 Å². The largest absolute Gasteiger partial charge is 0.348 e. The Labute approximate surface area is 325 Å². The molecule has 0 fully saturated rings. The fourth-order valence-corrected chi connectivity index (χ4v) is 8.68. The van der Waals surface area contributed by atoms with E-state index in [0.717, 1.165) is 70.7 Å². The Hall–Kier alpha value is -3.68. The van der Waals surface area contributed by atoms with Crippen LogP contribution in [0.25, 0.3) is 0 Å². The van der Waals surface area contributed by atoms with Gasteiger partial charge in [0, 0.05) is 82.2 Å². The summed E-state index contributed by atoms with van der Waals surface area (Å²) in [4.78, 5) is 30.7. The van der Waals surface area contributed by atoms with E-state index in [1.54, 1.807) is 12.1 Å². The Morgan fingerprint density at radius 2 is 1.10 bits per heavy atom. The van der Waals surface area contributed by atoms with Crippen LogP contribution in [0.5, 0.6) is 0 Å². The van der Waals surface area contributed by atoms with Gasteiger partial charge in [0.1, 0.15) is 0 Å². The highest BCUT2D eigenvalue weighted by atomic mass is 35.5. The number of ketones is 1. The number of carbonyl (C=O) groups excluding carboxylic acids is 2. The number of rotatable bonds is 9. The average Bonchev–Trinajstić information content (AvgIpc) is 3.13. The van der Waals surface area contributed by atoms with Crippen LogP contribution in [0.4, 0.5) is 0 Å². The standard InChI is InChI=1S/C43H39Cl4N3O2/c1-49-22-36(34-17-32(44)19-40(46)38(34)24-49)28-8-12-30(13-9-28)42(51)16-7-26-3-5-27(6-4-26)21-48-43(52)31-14-10-29(11-15-31)37-23-50(2)25-39-35(37)18-33(45)20-41(39)47/h3-6,8-15,17-20,36-37H,7,16,21-25H2,1-2H3,(H,48,52). The molecule has 5 nitrogen and oxygen atoms in total. The lowest BCUT2D eigenvalue weighted by molar-refractivity contribution is 0.0949. The minimum absolute atomic E-state index is 0.105. The maximum atomic E-state index is 13.1. The van der Waals surface area contributed by atoms with Crippen molar-refractivity contribution in [1.82, 2.24) is 15.1 Å². The van der Waals surface area contributed by atoms with Crippen LogP contribution in [-0.2, 0) is 26.1 Å². The van der Waals surface area contributed by atoms with Crippen LogP contribution in [0.15, 0.2) is 97.1 Å². The van der Waals surface area contributed by atoms with Gasteiger partial charge in [-0.1, -0.05) is 107 Å². The molecule has 2 aliphatic heterocycles. The van der Waals surface area contributed by atoms with Crippen molar-refractivity contribution in [3.05, 3.63) is 173 Å². The molecule has 2 atom stereocenters. The maximum Gasteiger partial charge on any atom is 0.251 e. The van der Waals surface area contributed by atoms with Crippen LogP contribution in [-0.4, -0.2) is 48.7 Å². The highest BCUT2D eigenvalue weighted by molar-refractivity contribution is 6.35. The molecule has 0 saturated carbocycles. The summed E-state index contributed by atoms with van der Waals surface area (Å²) in [7, 11) is 4.17. The third-order valence-electron chi connectivity index (χ3n) is 10.3. The predicted molar refractivity (Wildman–Crippen MR) is 212 cm³/mol. The number of halogens is 4. The zero-order valence-electron chi connectivity index (χ0n) is 29.1. The third kappa shape index (κ3) is 8.11. The minimum Gasteiger partial charge on any atom is -0.348 e. The zero-order chi connectivity index (χ0) is 36.5. The molecular formula is C43H39Cl4N3O2. The Kier molecular flexibility index (Phi) is 11.1. The molecule has 52 heavy (non-hydrogen) atoms. The quantitative estimate of drug-likeness (QED) is 0.152. The first-order valence-corrected chi connectivity index (χ1v) is 19.0. The lowest BCUT2D eigenvalue weighted by atomic mass is 9.84. The summed E-state index contributed by atoms with van der Waals surface area (Å²) in [6.07, 6.45) is 1.05. The molecule has 0 spiro atoms. The van der Waals surface area contributed by atoms with E-state index in [-0.39, 0.29) is 23.5 Å². The van der Waals surface area contributed by atoms with Gasteiger partial charge in [0.15, 0.2) is 5.78 Å². The number of amides is 1. The fraction of sp³-hybridized carbons (Fsp3) is 0.256.